The van der Waals surface area contributed by atoms with Gasteiger partial charge in [0, 0.05) is 0 Å². The molecule has 0 spiro atoms. The van der Waals surface area contributed by atoms with Crippen molar-refractivity contribution in [3.8, 4) is 0 Å². The van der Waals surface area contributed by atoms with Gasteiger partial charge >= 0.3 is 344 Å². The number of rotatable bonds is 9. The fourth-order valence-corrected chi connectivity index (χ4v) is 16.1. The molecule has 6 aliphatic carbocycles. The summed E-state index contributed by atoms with van der Waals surface area (Å²) in [7, 11) is 0. The Morgan fingerprint density at radius 3 is 1.57 bits per heavy atom. The van der Waals surface area contributed by atoms with Gasteiger partial charge in [0.25, 0.3) is 0 Å². The van der Waals surface area contributed by atoms with Gasteiger partial charge < -0.3 is 24.8 Å². The van der Waals surface area contributed by atoms with Crippen LogP contribution in [0.3, 0.4) is 0 Å². The van der Waals surface area contributed by atoms with E-state index in [9.17, 15) is 0 Å². The Morgan fingerprint density at radius 1 is 0.638 bits per heavy atom. The second-order valence-corrected chi connectivity index (χ2v) is 20.9. The van der Waals surface area contributed by atoms with Crippen molar-refractivity contribution in [1.29, 1.82) is 0 Å². The molecular formula is C55H65Cl2Zr. The van der Waals surface area contributed by atoms with Gasteiger partial charge in [-0.3, -0.25) is 0 Å². The first-order valence-electron chi connectivity index (χ1n) is 21.8. The molecule has 8 atom stereocenters. The van der Waals surface area contributed by atoms with Crippen molar-refractivity contribution in [2.45, 2.75) is 118 Å². The van der Waals surface area contributed by atoms with Gasteiger partial charge in [0.05, 0.1) is 0 Å². The molecule has 0 heterocycles. The third-order valence-corrected chi connectivity index (χ3v) is 20.2. The maximum absolute atomic E-state index is 2.77. The third-order valence-electron chi connectivity index (χ3n) is 18.0. The van der Waals surface area contributed by atoms with Crippen LogP contribution in [0.25, 0.3) is 5.57 Å². The quantitative estimate of drug-likeness (QED) is 0.236. The van der Waals surface area contributed by atoms with Crippen LogP contribution < -0.4 is 24.8 Å². The SMILES string of the molecule is CCCCc1ccc(C(=C2C=C3[CH]([Zr+2])C4(C)C5(C)C=CC=CC5(C)C5(C)C=CC=CC5(C)C4(C)C3(C)C(C)=C2C2=CC=CC2)c2ccc(CCCC)cc2)cc1.[Cl-].[Cl-]. The first-order chi connectivity index (χ1) is 26.6. The van der Waals surface area contributed by atoms with Crippen molar-refractivity contribution in [3.05, 3.63) is 172 Å². The molecule has 0 aromatic heterocycles. The maximum Gasteiger partial charge on any atom is -1.00 e. The van der Waals surface area contributed by atoms with Crippen LogP contribution in [0, 0.1) is 37.9 Å². The number of unbranched alkanes of at least 4 members (excludes halogenated alkanes) is 2. The van der Waals surface area contributed by atoms with Gasteiger partial charge in [-0.1, -0.05) is 13.8 Å². The summed E-state index contributed by atoms with van der Waals surface area (Å²) in [5, 5.41) is 0. The molecule has 2 saturated carbocycles. The Bertz CT molecular complexity index is 2170. The van der Waals surface area contributed by atoms with Crippen molar-refractivity contribution in [3.63, 3.8) is 0 Å². The minimum atomic E-state index is -0.178. The molecule has 6 aliphatic rings. The van der Waals surface area contributed by atoms with E-state index in [-0.39, 0.29) is 62.7 Å². The van der Waals surface area contributed by atoms with E-state index in [1.807, 2.05) is 0 Å². The van der Waals surface area contributed by atoms with Gasteiger partial charge in [-0.25, -0.2) is 0 Å². The second-order valence-electron chi connectivity index (χ2n) is 19.4. The summed E-state index contributed by atoms with van der Waals surface area (Å²) in [6.07, 6.45) is 38.0. The van der Waals surface area contributed by atoms with Crippen molar-refractivity contribution in [2.75, 3.05) is 0 Å². The number of benzene rings is 2. The number of fused-ring (bicyclic) bond motifs is 8. The first-order valence-corrected chi connectivity index (χ1v) is 23.2. The number of aryl methyl sites for hydroxylation is 2. The molecule has 0 radical (unpaired) electrons. The van der Waals surface area contributed by atoms with E-state index in [1.165, 1.54) is 70.2 Å². The summed E-state index contributed by atoms with van der Waals surface area (Å²) in [5.41, 5.74) is 13.7. The van der Waals surface area contributed by atoms with E-state index in [1.54, 1.807) is 35.9 Å². The zero-order valence-electron chi connectivity index (χ0n) is 36.8. The molecule has 8 rings (SSSR count). The number of allylic oxidation sites excluding steroid dienone is 17. The molecule has 0 aliphatic heterocycles. The number of halogens is 2. The molecule has 2 fully saturated rings. The van der Waals surface area contributed by atoms with Crippen LogP contribution in [0.2, 0.25) is 3.63 Å². The summed E-state index contributed by atoms with van der Waals surface area (Å²) >= 11 is 1.62. The molecule has 303 valence electrons. The molecule has 0 amide bonds. The Balaban J connectivity index is 0.00000283. The molecule has 8 unspecified atom stereocenters. The van der Waals surface area contributed by atoms with Gasteiger partial charge in [-0.05, 0) is 0 Å². The predicted molar refractivity (Wildman–Crippen MR) is 236 cm³/mol. The van der Waals surface area contributed by atoms with E-state index >= 15 is 0 Å². The molecule has 58 heavy (non-hydrogen) atoms. The fraction of sp³-hybridized carbons (Fsp3) is 0.455. The predicted octanol–water partition coefficient (Wildman–Crippen LogP) is 8.98. The Morgan fingerprint density at radius 2 is 1.10 bits per heavy atom. The van der Waals surface area contributed by atoms with E-state index in [2.05, 4.69) is 191 Å². The van der Waals surface area contributed by atoms with Crippen LogP contribution in [0.5, 0.6) is 0 Å². The third kappa shape index (κ3) is 5.53. The van der Waals surface area contributed by atoms with Crippen LogP contribution in [0.1, 0.15) is 124 Å². The van der Waals surface area contributed by atoms with Gasteiger partial charge in [0.15, 0.2) is 0 Å². The van der Waals surface area contributed by atoms with Crippen LogP contribution in [0.15, 0.2) is 149 Å². The maximum atomic E-state index is 2.77. The standard InChI is InChI=1S/C55H65.2ClH.Zr/c1-11-13-21-40-25-29-43(30-26-40)48(44-31-27-41(28-32-44)22-14-12-2)46-37-45-38-53(8)51(6)35-18-17-33-49(51,4)50(5)34-19-20-36-52(50,7)55(53,10)54(45,9)39(3)47(46)42-23-15-16-24-42;;;/h15-20,23,25-38H,11-14,21-22,24H2,1-10H3;2*1H;/q;;;+2/p-2. The molecule has 0 saturated heterocycles. The Hall–Kier alpha value is -2.44. The number of hydrogen-bond acceptors (Lipinski definition) is 0. The van der Waals surface area contributed by atoms with E-state index < -0.39 is 0 Å². The topological polar surface area (TPSA) is 0 Å². The van der Waals surface area contributed by atoms with Gasteiger partial charge in [0.1, 0.15) is 0 Å². The van der Waals surface area contributed by atoms with Crippen molar-refractivity contribution in [2.24, 2.45) is 37.9 Å². The zero-order chi connectivity index (χ0) is 39.9. The van der Waals surface area contributed by atoms with E-state index in [4.69, 9.17) is 0 Å². The van der Waals surface area contributed by atoms with Crippen LogP contribution in [-0.2, 0) is 37.6 Å². The Labute approximate surface area is 379 Å². The summed E-state index contributed by atoms with van der Waals surface area (Å²) < 4.78 is 0.419. The van der Waals surface area contributed by atoms with E-state index in [0.29, 0.717) is 3.63 Å². The van der Waals surface area contributed by atoms with Crippen LogP contribution in [0.4, 0.5) is 0 Å². The van der Waals surface area contributed by atoms with Gasteiger partial charge in [-0.2, -0.15) is 0 Å². The normalized spacial score (nSPS) is 36.3. The smallest absolute Gasteiger partial charge is 1.00 e. The molecule has 0 N–H and O–H groups in total. The molecule has 0 nitrogen and oxygen atoms in total. The average Bonchev–Trinajstić information content (AvgIpc) is 3.78. The minimum Gasteiger partial charge on any atom is -1.00 e. The molecule has 2 aromatic carbocycles. The van der Waals surface area contributed by atoms with E-state index in [0.717, 1.165) is 19.3 Å². The molecule has 0 bridgehead atoms. The Kier molecular flexibility index (Phi) is 12.3. The van der Waals surface area contributed by atoms with Gasteiger partial charge in [-0.15, -0.1) is 0 Å². The van der Waals surface area contributed by atoms with Crippen molar-refractivity contribution < 1.29 is 49.5 Å². The second kappa shape index (κ2) is 15.8. The minimum absolute atomic E-state index is 0. The van der Waals surface area contributed by atoms with Crippen molar-refractivity contribution in [1.82, 2.24) is 0 Å². The fourth-order valence-electron chi connectivity index (χ4n) is 13.7. The van der Waals surface area contributed by atoms with Gasteiger partial charge in [0.2, 0.25) is 0 Å². The summed E-state index contributed by atoms with van der Waals surface area (Å²) in [6.45, 7) is 25.8. The monoisotopic (exact) mass is 885 g/mol. The zero-order valence-corrected chi connectivity index (χ0v) is 40.8. The first kappa shape index (κ1) is 45.1. The largest absolute Gasteiger partial charge is 1.00 e. The van der Waals surface area contributed by atoms with Crippen molar-refractivity contribution >= 4 is 5.57 Å². The van der Waals surface area contributed by atoms with Crippen LogP contribution >= 0.6 is 0 Å². The molecule has 2 aromatic rings. The molecular weight excluding hydrogens is 823 g/mol. The number of hydrogen-bond donors (Lipinski definition) is 0. The summed E-state index contributed by atoms with van der Waals surface area (Å²) in [6, 6.07) is 19.4. The summed E-state index contributed by atoms with van der Waals surface area (Å²) in [5.74, 6) is 0. The molecule has 3 heteroatoms. The average molecular weight is 888 g/mol. The van der Waals surface area contributed by atoms with Crippen LogP contribution in [-0.4, -0.2) is 0 Å². The summed E-state index contributed by atoms with van der Waals surface area (Å²) in [4.78, 5) is 0.